The first-order valence-electron chi connectivity index (χ1n) is 9.19. The summed E-state index contributed by atoms with van der Waals surface area (Å²) in [5.41, 5.74) is 3.70. The number of ether oxygens (including phenoxy) is 1. The van der Waals surface area contributed by atoms with Crippen molar-refractivity contribution in [3.8, 4) is 16.9 Å². The standard InChI is InChI=1S/C21H20N6O2/c1-14-9-7-8-12-17(14)19-18(13-27(23-19)16-10-5-4-6-11-16)21(28)29-15(2)20-22-24-25-26(20)3/h4-13,15H,1-3H3/t15-/m0/s1. The first-order chi connectivity index (χ1) is 14.0. The monoisotopic (exact) mass is 388 g/mol. The van der Waals surface area contributed by atoms with E-state index in [1.807, 2.05) is 61.5 Å². The number of carbonyl (C=O) groups excluding carboxylic acids is 1. The number of esters is 1. The first-order valence-corrected chi connectivity index (χ1v) is 9.19. The Morgan fingerprint density at radius 3 is 2.48 bits per heavy atom. The van der Waals surface area contributed by atoms with Gasteiger partial charge in [0.25, 0.3) is 0 Å². The molecule has 4 aromatic rings. The number of aryl methyl sites for hydroxylation is 2. The van der Waals surface area contributed by atoms with Crippen LogP contribution in [-0.2, 0) is 11.8 Å². The molecule has 146 valence electrons. The normalized spacial score (nSPS) is 12.0. The van der Waals surface area contributed by atoms with Crippen LogP contribution < -0.4 is 0 Å². The lowest BCUT2D eigenvalue weighted by atomic mass is 10.0. The van der Waals surface area contributed by atoms with Crippen LogP contribution in [0.4, 0.5) is 0 Å². The molecule has 0 fully saturated rings. The molecule has 1 atom stereocenters. The van der Waals surface area contributed by atoms with Crippen molar-refractivity contribution in [1.82, 2.24) is 30.0 Å². The molecule has 8 heteroatoms. The van der Waals surface area contributed by atoms with E-state index in [-0.39, 0.29) is 0 Å². The Labute approximate surface area is 167 Å². The second-order valence-corrected chi connectivity index (χ2v) is 6.69. The van der Waals surface area contributed by atoms with E-state index >= 15 is 0 Å². The van der Waals surface area contributed by atoms with Gasteiger partial charge in [0.1, 0.15) is 11.3 Å². The Balaban J connectivity index is 1.75. The van der Waals surface area contributed by atoms with Gasteiger partial charge in [-0.1, -0.05) is 42.5 Å². The quantitative estimate of drug-likeness (QED) is 0.488. The molecule has 0 N–H and O–H groups in total. The highest BCUT2D eigenvalue weighted by molar-refractivity contribution is 5.96. The molecular weight excluding hydrogens is 368 g/mol. The average molecular weight is 388 g/mol. The summed E-state index contributed by atoms with van der Waals surface area (Å²) in [6.45, 7) is 3.72. The van der Waals surface area contributed by atoms with E-state index in [4.69, 9.17) is 9.84 Å². The van der Waals surface area contributed by atoms with Crippen LogP contribution in [0.1, 0.15) is 34.8 Å². The van der Waals surface area contributed by atoms with E-state index in [0.717, 1.165) is 16.8 Å². The van der Waals surface area contributed by atoms with Gasteiger partial charge in [0, 0.05) is 18.8 Å². The van der Waals surface area contributed by atoms with Gasteiger partial charge in [-0.15, -0.1) is 5.10 Å². The largest absolute Gasteiger partial charge is 0.451 e. The molecule has 0 saturated heterocycles. The minimum Gasteiger partial charge on any atom is -0.451 e. The summed E-state index contributed by atoms with van der Waals surface area (Å²) < 4.78 is 8.82. The van der Waals surface area contributed by atoms with Crippen molar-refractivity contribution >= 4 is 5.97 Å². The van der Waals surface area contributed by atoms with E-state index in [0.29, 0.717) is 17.1 Å². The Bertz CT molecular complexity index is 1150. The van der Waals surface area contributed by atoms with Crippen LogP contribution in [0, 0.1) is 6.92 Å². The van der Waals surface area contributed by atoms with Gasteiger partial charge in [0.2, 0.25) is 0 Å². The van der Waals surface area contributed by atoms with Gasteiger partial charge in [-0.05, 0) is 42.0 Å². The lowest BCUT2D eigenvalue weighted by molar-refractivity contribution is 0.0313. The number of tetrazole rings is 1. The van der Waals surface area contributed by atoms with Crippen LogP contribution in [0.3, 0.4) is 0 Å². The summed E-state index contributed by atoms with van der Waals surface area (Å²) in [5, 5.41) is 16.0. The summed E-state index contributed by atoms with van der Waals surface area (Å²) in [4.78, 5) is 13.1. The zero-order valence-corrected chi connectivity index (χ0v) is 16.4. The highest BCUT2D eigenvalue weighted by Crippen LogP contribution is 2.28. The van der Waals surface area contributed by atoms with Gasteiger partial charge in [0.05, 0.1) is 5.69 Å². The van der Waals surface area contributed by atoms with Crippen LogP contribution in [0.25, 0.3) is 16.9 Å². The van der Waals surface area contributed by atoms with Gasteiger partial charge in [-0.25, -0.2) is 14.2 Å². The van der Waals surface area contributed by atoms with Crippen molar-refractivity contribution in [2.24, 2.45) is 7.05 Å². The number of benzene rings is 2. The molecule has 0 spiro atoms. The van der Waals surface area contributed by atoms with Crippen LogP contribution in [-0.4, -0.2) is 36.0 Å². The predicted molar refractivity (Wildman–Crippen MR) is 106 cm³/mol. The predicted octanol–water partition coefficient (Wildman–Crippen LogP) is 3.29. The van der Waals surface area contributed by atoms with E-state index in [9.17, 15) is 4.79 Å². The van der Waals surface area contributed by atoms with Crippen molar-refractivity contribution in [3.05, 3.63) is 77.7 Å². The van der Waals surface area contributed by atoms with Crippen LogP contribution in [0.15, 0.2) is 60.8 Å². The van der Waals surface area contributed by atoms with E-state index < -0.39 is 12.1 Å². The minimum atomic E-state index is -0.604. The maximum Gasteiger partial charge on any atom is 0.342 e. The molecule has 0 bridgehead atoms. The number of hydrogen-bond acceptors (Lipinski definition) is 6. The lowest BCUT2D eigenvalue weighted by Crippen LogP contribution is -2.13. The molecule has 0 radical (unpaired) electrons. The second-order valence-electron chi connectivity index (χ2n) is 6.69. The zero-order valence-electron chi connectivity index (χ0n) is 16.4. The average Bonchev–Trinajstić information content (AvgIpc) is 3.35. The van der Waals surface area contributed by atoms with E-state index in [1.165, 1.54) is 4.68 Å². The van der Waals surface area contributed by atoms with Crippen molar-refractivity contribution in [2.45, 2.75) is 20.0 Å². The second kappa shape index (κ2) is 7.67. The van der Waals surface area contributed by atoms with Crippen LogP contribution >= 0.6 is 0 Å². The Kier molecular flexibility index (Phi) is 4.90. The number of rotatable bonds is 5. The van der Waals surface area contributed by atoms with E-state index in [2.05, 4.69) is 15.5 Å². The molecule has 2 heterocycles. The molecule has 0 unspecified atom stereocenters. The molecule has 0 aliphatic rings. The maximum atomic E-state index is 13.1. The highest BCUT2D eigenvalue weighted by atomic mass is 16.5. The molecule has 2 aromatic carbocycles. The number of hydrogen-bond donors (Lipinski definition) is 0. The first kappa shape index (κ1) is 18.5. The number of carbonyl (C=O) groups is 1. The van der Waals surface area contributed by atoms with Gasteiger partial charge >= 0.3 is 5.97 Å². The zero-order chi connectivity index (χ0) is 20.4. The topological polar surface area (TPSA) is 87.7 Å². The molecular formula is C21H20N6O2. The molecule has 0 aliphatic heterocycles. The summed E-state index contributed by atoms with van der Waals surface area (Å²) >= 11 is 0. The number of aromatic nitrogens is 6. The summed E-state index contributed by atoms with van der Waals surface area (Å²) in [6.07, 6.45) is 1.09. The maximum absolute atomic E-state index is 13.1. The Morgan fingerprint density at radius 2 is 1.79 bits per heavy atom. The van der Waals surface area contributed by atoms with Gasteiger partial charge in [-0.2, -0.15) is 5.10 Å². The summed E-state index contributed by atoms with van der Waals surface area (Å²) in [7, 11) is 1.70. The van der Waals surface area contributed by atoms with E-state index in [1.54, 1.807) is 24.9 Å². The lowest BCUT2D eigenvalue weighted by Gasteiger charge is -2.11. The Morgan fingerprint density at radius 1 is 1.07 bits per heavy atom. The van der Waals surface area contributed by atoms with Gasteiger partial charge in [0.15, 0.2) is 11.9 Å². The number of para-hydroxylation sites is 1. The molecule has 2 aromatic heterocycles. The smallest absolute Gasteiger partial charge is 0.342 e. The summed E-state index contributed by atoms with van der Waals surface area (Å²) in [5.74, 6) is -0.0211. The van der Waals surface area contributed by atoms with Crippen LogP contribution in [0.2, 0.25) is 0 Å². The molecule has 8 nitrogen and oxygen atoms in total. The molecule has 29 heavy (non-hydrogen) atoms. The molecule has 0 aliphatic carbocycles. The number of nitrogens with zero attached hydrogens (tertiary/aromatic N) is 6. The highest BCUT2D eigenvalue weighted by Gasteiger charge is 2.24. The molecule has 0 saturated carbocycles. The third kappa shape index (κ3) is 3.64. The fourth-order valence-electron chi connectivity index (χ4n) is 3.13. The molecule has 4 rings (SSSR count). The van der Waals surface area contributed by atoms with Gasteiger partial charge < -0.3 is 4.74 Å². The SMILES string of the molecule is Cc1ccccc1-c1nn(-c2ccccc2)cc1C(=O)O[C@@H](C)c1nnnn1C. The van der Waals surface area contributed by atoms with Crippen LogP contribution in [0.5, 0.6) is 0 Å². The third-order valence-corrected chi connectivity index (χ3v) is 4.66. The van der Waals surface area contributed by atoms with Gasteiger partial charge in [-0.3, -0.25) is 0 Å². The summed E-state index contributed by atoms with van der Waals surface area (Å²) in [6, 6.07) is 17.4. The third-order valence-electron chi connectivity index (χ3n) is 4.66. The fraction of sp³-hybridized carbons (Fsp3) is 0.190. The molecule has 0 amide bonds. The van der Waals surface area contributed by atoms with Crippen molar-refractivity contribution in [2.75, 3.05) is 0 Å². The van der Waals surface area contributed by atoms with Crippen molar-refractivity contribution < 1.29 is 9.53 Å². The van der Waals surface area contributed by atoms with Crippen molar-refractivity contribution in [3.63, 3.8) is 0 Å². The fourth-order valence-corrected chi connectivity index (χ4v) is 3.13. The minimum absolute atomic E-state index is 0.380. The Hall–Kier alpha value is -3.81. The van der Waals surface area contributed by atoms with Crippen molar-refractivity contribution in [1.29, 1.82) is 0 Å².